The Morgan fingerprint density at radius 1 is 1.32 bits per heavy atom. The molecule has 0 aromatic carbocycles. The highest BCUT2D eigenvalue weighted by atomic mass is 35.5. The average molecular weight is 326 g/mol. The van der Waals surface area contributed by atoms with E-state index >= 15 is 0 Å². The summed E-state index contributed by atoms with van der Waals surface area (Å²) in [4.78, 5) is 41.1. The number of pyridine rings is 1. The summed E-state index contributed by atoms with van der Waals surface area (Å²) in [5.41, 5.74) is 0.866. The summed E-state index contributed by atoms with van der Waals surface area (Å²) in [5.74, 6) is -0.277. The van der Waals surface area contributed by atoms with Crippen LogP contribution >= 0.6 is 12.4 Å². The summed E-state index contributed by atoms with van der Waals surface area (Å²) in [7, 11) is 0. The number of nitrogens with one attached hydrogen (secondary N) is 2. The van der Waals surface area contributed by atoms with Gasteiger partial charge in [-0.3, -0.25) is 14.4 Å². The molecular weight excluding hydrogens is 306 g/mol. The van der Waals surface area contributed by atoms with E-state index in [-0.39, 0.29) is 41.3 Å². The number of halogens is 1. The van der Waals surface area contributed by atoms with E-state index in [1.54, 1.807) is 4.90 Å². The normalized spacial score (nSPS) is 21.0. The monoisotopic (exact) mass is 325 g/mol. The number of aryl methyl sites for hydroxylation is 1. The summed E-state index contributed by atoms with van der Waals surface area (Å²) < 4.78 is 0. The van der Waals surface area contributed by atoms with Crippen molar-refractivity contribution in [1.82, 2.24) is 15.2 Å². The fourth-order valence-electron chi connectivity index (χ4n) is 3.03. The molecule has 0 spiro atoms. The van der Waals surface area contributed by atoms with E-state index in [1.165, 1.54) is 6.07 Å². The topological polar surface area (TPSA) is 82.3 Å². The molecule has 1 saturated heterocycles. The number of piperazine rings is 1. The van der Waals surface area contributed by atoms with E-state index < -0.39 is 0 Å². The van der Waals surface area contributed by atoms with Gasteiger partial charge in [0.25, 0.3) is 11.5 Å². The third kappa shape index (κ3) is 2.94. The van der Waals surface area contributed by atoms with Crippen LogP contribution in [0.3, 0.4) is 0 Å². The van der Waals surface area contributed by atoms with Crippen LogP contribution in [-0.4, -0.2) is 47.3 Å². The van der Waals surface area contributed by atoms with Crippen molar-refractivity contribution < 1.29 is 9.59 Å². The molecule has 0 bridgehead atoms. The van der Waals surface area contributed by atoms with Crippen molar-refractivity contribution in [3.63, 3.8) is 0 Å². The van der Waals surface area contributed by atoms with Crippen LogP contribution in [0.2, 0.25) is 0 Å². The Labute approximate surface area is 134 Å². The second-order valence-electron chi connectivity index (χ2n) is 5.73. The molecule has 1 fully saturated rings. The third-order valence-electron chi connectivity index (χ3n) is 4.25. The zero-order valence-corrected chi connectivity index (χ0v) is 13.3. The molecule has 22 heavy (non-hydrogen) atoms. The maximum atomic E-state index is 12.6. The van der Waals surface area contributed by atoms with Gasteiger partial charge in [-0.25, -0.2) is 0 Å². The molecule has 3 rings (SSSR count). The van der Waals surface area contributed by atoms with Gasteiger partial charge in [0.1, 0.15) is 5.56 Å². The summed E-state index contributed by atoms with van der Waals surface area (Å²) in [6.45, 7) is 3.96. The number of Topliss-reactive ketones (excluding diaryl/α,β-unsaturated/α-hetero) is 1. The van der Waals surface area contributed by atoms with Crippen LogP contribution in [0, 0.1) is 0 Å². The molecule has 1 atom stereocenters. The first-order valence-electron chi connectivity index (χ1n) is 7.39. The summed E-state index contributed by atoms with van der Waals surface area (Å²) >= 11 is 0. The molecule has 7 heteroatoms. The number of carbonyl (C=O) groups excluding carboxylic acids is 2. The van der Waals surface area contributed by atoms with Crippen LogP contribution in [0.4, 0.5) is 0 Å². The molecule has 1 amide bonds. The quantitative estimate of drug-likeness (QED) is 0.798. The zero-order chi connectivity index (χ0) is 15.0. The first kappa shape index (κ1) is 16.7. The van der Waals surface area contributed by atoms with E-state index in [1.807, 2.05) is 6.92 Å². The number of ketones is 1. The lowest BCUT2D eigenvalue weighted by molar-refractivity contribution is 0.0654. The largest absolute Gasteiger partial charge is 0.333 e. The number of rotatable bonds is 1. The lowest BCUT2D eigenvalue weighted by atomic mass is 9.93. The first-order chi connectivity index (χ1) is 10.1. The number of aromatic amines is 1. The number of fused-ring (bicyclic) bond motifs is 1. The molecule has 0 unspecified atom stereocenters. The zero-order valence-electron chi connectivity index (χ0n) is 12.5. The molecule has 2 aliphatic rings. The first-order valence-corrected chi connectivity index (χ1v) is 7.39. The lowest BCUT2D eigenvalue weighted by Crippen LogP contribution is -2.53. The van der Waals surface area contributed by atoms with Crippen LogP contribution in [0.25, 0.3) is 0 Å². The predicted octanol–water partition coefficient (Wildman–Crippen LogP) is 0.750. The molecule has 1 aliphatic heterocycles. The van der Waals surface area contributed by atoms with Gasteiger partial charge in [-0.1, -0.05) is 0 Å². The van der Waals surface area contributed by atoms with Crippen molar-refractivity contribution in [2.24, 2.45) is 0 Å². The summed E-state index contributed by atoms with van der Waals surface area (Å²) in [5, 5.41) is 3.21. The molecule has 0 saturated carbocycles. The predicted molar refractivity (Wildman–Crippen MR) is 84.9 cm³/mol. The fourth-order valence-corrected chi connectivity index (χ4v) is 3.03. The minimum absolute atomic E-state index is 0. The maximum absolute atomic E-state index is 12.6. The Morgan fingerprint density at radius 2 is 2.09 bits per heavy atom. The van der Waals surface area contributed by atoms with Crippen LogP contribution in [0.1, 0.15) is 46.2 Å². The molecule has 6 nitrogen and oxygen atoms in total. The van der Waals surface area contributed by atoms with Crippen molar-refractivity contribution >= 4 is 24.1 Å². The molecule has 1 aromatic rings. The second kappa shape index (κ2) is 6.62. The van der Waals surface area contributed by atoms with Crippen LogP contribution < -0.4 is 10.9 Å². The van der Waals surface area contributed by atoms with Gasteiger partial charge in [-0.15, -0.1) is 12.4 Å². The number of aromatic nitrogens is 1. The second-order valence-corrected chi connectivity index (χ2v) is 5.73. The number of hydrogen-bond donors (Lipinski definition) is 2. The van der Waals surface area contributed by atoms with Crippen LogP contribution in [0.5, 0.6) is 0 Å². The molecule has 2 heterocycles. The van der Waals surface area contributed by atoms with Gasteiger partial charge in [-0.2, -0.15) is 0 Å². The van der Waals surface area contributed by atoms with Gasteiger partial charge < -0.3 is 15.2 Å². The number of carbonyl (C=O) groups is 2. The van der Waals surface area contributed by atoms with E-state index in [0.717, 1.165) is 13.0 Å². The minimum Gasteiger partial charge on any atom is -0.333 e. The number of hydrogen-bond acceptors (Lipinski definition) is 4. The highest BCUT2D eigenvalue weighted by molar-refractivity contribution is 6.01. The minimum atomic E-state index is -0.390. The van der Waals surface area contributed by atoms with Gasteiger partial charge in [0.2, 0.25) is 0 Å². The summed E-state index contributed by atoms with van der Waals surface area (Å²) in [6, 6.07) is 1.53. The fraction of sp³-hybridized carbons (Fsp3) is 0.533. The molecule has 2 N–H and O–H groups in total. The van der Waals surface area contributed by atoms with Crippen molar-refractivity contribution in [2.45, 2.75) is 32.2 Å². The Kier molecular flexibility index (Phi) is 5.03. The van der Waals surface area contributed by atoms with Gasteiger partial charge in [0.15, 0.2) is 5.78 Å². The molecule has 0 radical (unpaired) electrons. The smallest absolute Gasteiger partial charge is 0.261 e. The van der Waals surface area contributed by atoms with Crippen molar-refractivity contribution in [3.8, 4) is 0 Å². The molecule has 1 aliphatic carbocycles. The standard InChI is InChI=1S/C15H19N3O3.ClH/c1-9-8-16-5-6-18(9)15(21)11-7-10-12(17-14(11)20)3-2-4-13(10)19;/h7,9,16H,2-6,8H2,1H3,(H,17,20);1H/t9-;/m1./s1. The van der Waals surface area contributed by atoms with Crippen molar-refractivity contribution in [1.29, 1.82) is 0 Å². The van der Waals surface area contributed by atoms with Crippen molar-refractivity contribution in [3.05, 3.63) is 33.2 Å². The number of amides is 1. The van der Waals surface area contributed by atoms with Gasteiger partial charge >= 0.3 is 0 Å². The van der Waals surface area contributed by atoms with E-state index in [9.17, 15) is 14.4 Å². The highest BCUT2D eigenvalue weighted by Gasteiger charge is 2.28. The molecule has 1 aromatic heterocycles. The Bertz CT molecular complexity index is 656. The van der Waals surface area contributed by atoms with Gasteiger partial charge in [0, 0.05) is 43.4 Å². The SMILES string of the molecule is C[C@@H]1CNCCN1C(=O)c1cc2c([nH]c1=O)CCCC2=O.Cl. The van der Waals surface area contributed by atoms with Gasteiger partial charge in [0.05, 0.1) is 0 Å². The maximum Gasteiger partial charge on any atom is 0.261 e. The lowest BCUT2D eigenvalue weighted by Gasteiger charge is -2.34. The summed E-state index contributed by atoms with van der Waals surface area (Å²) in [6.07, 6.45) is 1.93. The average Bonchev–Trinajstić information content (AvgIpc) is 2.47. The number of nitrogens with zero attached hydrogens (tertiary/aromatic N) is 1. The number of H-pyrrole nitrogens is 1. The van der Waals surface area contributed by atoms with E-state index in [2.05, 4.69) is 10.3 Å². The van der Waals surface area contributed by atoms with Crippen molar-refractivity contribution in [2.75, 3.05) is 19.6 Å². The Morgan fingerprint density at radius 3 is 2.82 bits per heavy atom. The van der Waals surface area contributed by atoms with E-state index in [0.29, 0.717) is 37.2 Å². The van der Waals surface area contributed by atoms with E-state index in [4.69, 9.17) is 0 Å². The highest BCUT2D eigenvalue weighted by Crippen LogP contribution is 2.19. The third-order valence-corrected chi connectivity index (χ3v) is 4.25. The Balaban J connectivity index is 0.00000176. The van der Waals surface area contributed by atoms with Crippen LogP contribution in [0.15, 0.2) is 10.9 Å². The molecule has 120 valence electrons. The Hall–Kier alpha value is -1.66. The van der Waals surface area contributed by atoms with Crippen LogP contribution in [-0.2, 0) is 6.42 Å². The van der Waals surface area contributed by atoms with Gasteiger partial charge in [-0.05, 0) is 25.8 Å². The molecular formula is C15H20ClN3O3.